The van der Waals surface area contributed by atoms with Crippen LogP contribution >= 0.6 is 0 Å². The summed E-state index contributed by atoms with van der Waals surface area (Å²) in [6.45, 7) is 0. The average Bonchev–Trinajstić information content (AvgIpc) is 2.08. The van der Waals surface area contributed by atoms with Crippen LogP contribution in [0.3, 0.4) is 0 Å². The van der Waals surface area contributed by atoms with E-state index >= 15 is 0 Å². The van der Waals surface area contributed by atoms with Crippen LogP contribution in [0.2, 0.25) is 0 Å². The molecular weight excluding hydrogens is 230 g/mol. The largest absolute Gasteiger partial charge is 1.00 e. The Labute approximate surface area is 69.6 Å². The molecule has 0 aliphatic heterocycles. The molecule has 57 valence electrons. The van der Waals surface area contributed by atoms with Crippen LogP contribution in [0.4, 0.5) is 13.2 Å². The third kappa shape index (κ3) is 2.26. The van der Waals surface area contributed by atoms with Crippen LogP contribution in [0.25, 0.3) is 0 Å². The van der Waals surface area contributed by atoms with E-state index in [1.165, 1.54) is 6.08 Å². The Hall–Kier alpha value is -0.107. The van der Waals surface area contributed by atoms with E-state index in [0.29, 0.717) is 0 Å². The Kier molecular flexibility index (Phi) is 3.30. The average molecular weight is 234 g/mol. The second-order valence-corrected chi connectivity index (χ2v) is 1.69. The van der Waals surface area contributed by atoms with Gasteiger partial charge in [-0.05, 0) is 0 Å². The molecular formula is C6H4F3Ru. The number of alkyl halides is 3. The third-order valence-corrected chi connectivity index (χ3v) is 1.00. The van der Waals surface area contributed by atoms with E-state index in [-0.39, 0.29) is 25.9 Å². The van der Waals surface area contributed by atoms with E-state index in [0.717, 1.165) is 6.08 Å². The van der Waals surface area contributed by atoms with Crippen LogP contribution < -0.4 is 0 Å². The van der Waals surface area contributed by atoms with Crippen LogP contribution in [0.5, 0.6) is 0 Å². The van der Waals surface area contributed by atoms with Gasteiger partial charge in [0.1, 0.15) is 0 Å². The molecule has 0 saturated carbocycles. The molecule has 0 spiro atoms. The predicted octanol–water partition coefficient (Wildman–Crippen LogP) is 2.24. The van der Waals surface area contributed by atoms with Gasteiger partial charge in [-0.25, -0.2) is 6.08 Å². The summed E-state index contributed by atoms with van der Waals surface area (Å²) in [5.41, 5.74) is -0.650. The van der Waals surface area contributed by atoms with Crippen molar-refractivity contribution < 1.29 is 32.6 Å². The first-order valence-electron chi connectivity index (χ1n) is 2.45. The molecule has 4 heteroatoms. The Morgan fingerprint density at radius 3 is 2.20 bits per heavy atom. The van der Waals surface area contributed by atoms with E-state index in [9.17, 15) is 13.2 Å². The van der Waals surface area contributed by atoms with Crippen molar-refractivity contribution in [2.45, 2.75) is 12.6 Å². The second-order valence-electron chi connectivity index (χ2n) is 1.69. The SMILES string of the molecule is FC(F)(F)C1=[C-]CC=C1.[Ru+]. The van der Waals surface area contributed by atoms with Crippen molar-refractivity contribution in [2.24, 2.45) is 0 Å². The smallest absolute Gasteiger partial charge is 0.261 e. The molecule has 1 aliphatic carbocycles. The van der Waals surface area contributed by atoms with Crippen molar-refractivity contribution in [2.75, 3.05) is 0 Å². The Balaban J connectivity index is 0.000000810. The molecule has 0 aromatic rings. The van der Waals surface area contributed by atoms with E-state index in [1.807, 2.05) is 0 Å². The number of halogens is 3. The van der Waals surface area contributed by atoms with Crippen molar-refractivity contribution in [3.63, 3.8) is 0 Å². The van der Waals surface area contributed by atoms with Gasteiger partial charge < -0.3 is 0 Å². The van der Waals surface area contributed by atoms with Crippen LogP contribution in [-0.4, -0.2) is 6.18 Å². The molecule has 0 nitrogen and oxygen atoms in total. The van der Waals surface area contributed by atoms with Gasteiger partial charge >= 0.3 is 25.7 Å². The van der Waals surface area contributed by atoms with Crippen molar-refractivity contribution >= 4 is 0 Å². The summed E-state index contributed by atoms with van der Waals surface area (Å²) in [6.07, 6.45) is 0.737. The van der Waals surface area contributed by atoms with Gasteiger partial charge in [-0.15, -0.1) is 12.0 Å². The summed E-state index contributed by atoms with van der Waals surface area (Å²) in [5, 5.41) is 0. The minimum atomic E-state index is -4.20. The van der Waals surface area contributed by atoms with Crippen LogP contribution in [-0.2, 0) is 19.5 Å². The minimum absolute atomic E-state index is 0. The summed E-state index contributed by atoms with van der Waals surface area (Å²) in [4.78, 5) is 0. The zero-order valence-corrected chi connectivity index (χ0v) is 6.59. The molecule has 0 bridgehead atoms. The predicted molar refractivity (Wildman–Crippen MR) is 26.6 cm³/mol. The molecule has 1 aliphatic rings. The summed E-state index contributed by atoms with van der Waals surface area (Å²) < 4.78 is 34.8. The summed E-state index contributed by atoms with van der Waals surface area (Å²) in [5.74, 6) is 0. The van der Waals surface area contributed by atoms with Crippen molar-refractivity contribution in [1.29, 1.82) is 0 Å². The zero-order valence-electron chi connectivity index (χ0n) is 4.85. The van der Waals surface area contributed by atoms with Gasteiger partial charge in [0, 0.05) is 0 Å². The molecule has 0 aromatic heterocycles. The van der Waals surface area contributed by atoms with E-state index in [4.69, 9.17) is 0 Å². The standard InChI is InChI=1S/C6H4F3.Ru/c7-6(8,9)5-3-1-2-4-5;/h1,3H,2H2;/q-1;+1. The maximum absolute atomic E-state index is 11.6. The van der Waals surface area contributed by atoms with Crippen molar-refractivity contribution in [3.8, 4) is 0 Å². The van der Waals surface area contributed by atoms with Crippen molar-refractivity contribution in [3.05, 3.63) is 23.8 Å². The third-order valence-electron chi connectivity index (χ3n) is 1.00. The molecule has 10 heavy (non-hydrogen) atoms. The molecule has 0 unspecified atom stereocenters. The number of hydrogen-bond acceptors (Lipinski definition) is 0. The van der Waals surface area contributed by atoms with Crippen LogP contribution in [0, 0.1) is 6.08 Å². The molecule has 0 heterocycles. The van der Waals surface area contributed by atoms with Gasteiger partial charge in [0.05, 0.1) is 0 Å². The number of allylic oxidation sites excluding steroid dienone is 4. The minimum Gasteiger partial charge on any atom is -0.261 e. The van der Waals surface area contributed by atoms with Gasteiger partial charge in [-0.3, -0.25) is 6.08 Å². The van der Waals surface area contributed by atoms with E-state index < -0.39 is 11.7 Å². The Morgan fingerprint density at radius 2 is 2.00 bits per heavy atom. The van der Waals surface area contributed by atoms with Gasteiger partial charge in [-0.2, -0.15) is 19.2 Å². The molecule has 0 amide bonds. The molecule has 0 N–H and O–H groups in total. The topological polar surface area (TPSA) is 0 Å². The van der Waals surface area contributed by atoms with Crippen molar-refractivity contribution in [1.82, 2.24) is 0 Å². The first kappa shape index (κ1) is 9.89. The van der Waals surface area contributed by atoms with E-state index in [2.05, 4.69) is 6.08 Å². The van der Waals surface area contributed by atoms with Gasteiger partial charge in [0.2, 0.25) is 0 Å². The molecule has 0 fully saturated rings. The fourth-order valence-electron chi connectivity index (χ4n) is 0.599. The van der Waals surface area contributed by atoms with Gasteiger partial charge in [0.25, 0.3) is 0 Å². The maximum atomic E-state index is 11.6. The number of rotatable bonds is 0. The fraction of sp³-hybridized carbons (Fsp3) is 0.333. The fourth-order valence-corrected chi connectivity index (χ4v) is 0.599. The normalized spacial score (nSPS) is 16.5. The number of hydrogen-bond donors (Lipinski definition) is 0. The zero-order chi connectivity index (χ0) is 6.91. The van der Waals surface area contributed by atoms with E-state index in [1.54, 1.807) is 0 Å². The van der Waals surface area contributed by atoms with Gasteiger partial charge in [-0.1, -0.05) is 0 Å². The molecule has 1 radical (unpaired) electrons. The first-order valence-corrected chi connectivity index (χ1v) is 2.45. The summed E-state index contributed by atoms with van der Waals surface area (Å²) in [6, 6.07) is 0. The summed E-state index contributed by atoms with van der Waals surface area (Å²) >= 11 is 0. The maximum Gasteiger partial charge on any atom is 1.00 e. The monoisotopic (exact) mass is 235 g/mol. The molecule has 0 aromatic carbocycles. The Morgan fingerprint density at radius 1 is 1.40 bits per heavy atom. The Bertz CT molecular complexity index is 166. The molecule has 1 rings (SSSR count). The van der Waals surface area contributed by atoms with Crippen LogP contribution in [0.15, 0.2) is 17.7 Å². The molecule has 0 atom stereocenters. The second kappa shape index (κ2) is 3.33. The van der Waals surface area contributed by atoms with Gasteiger partial charge in [0.15, 0.2) is 0 Å². The quantitative estimate of drug-likeness (QED) is 0.445. The van der Waals surface area contributed by atoms with Crippen LogP contribution in [0.1, 0.15) is 6.42 Å². The summed E-state index contributed by atoms with van der Waals surface area (Å²) in [7, 11) is 0. The molecule has 0 saturated heterocycles. The first-order chi connectivity index (χ1) is 4.11.